The summed E-state index contributed by atoms with van der Waals surface area (Å²) in [5.74, 6) is 0.408. The van der Waals surface area contributed by atoms with Gasteiger partial charge in [-0.1, -0.05) is 11.6 Å². The Kier molecular flexibility index (Phi) is 4.44. The Balaban J connectivity index is 1.83. The van der Waals surface area contributed by atoms with Crippen molar-refractivity contribution in [2.24, 2.45) is 5.92 Å². The van der Waals surface area contributed by atoms with Crippen molar-refractivity contribution in [3.05, 3.63) is 28.8 Å². The number of carbonyl (C=O) groups is 1. The van der Waals surface area contributed by atoms with E-state index in [2.05, 4.69) is 5.32 Å². The largest absolute Gasteiger partial charge is 0.399 e. The predicted molar refractivity (Wildman–Crippen MR) is 71.7 cm³/mol. The van der Waals surface area contributed by atoms with E-state index in [0.29, 0.717) is 28.7 Å². The van der Waals surface area contributed by atoms with Crippen molar-refractivity contribution in [1.82, 2.24) is 5.32 Å². The molecular formula is C13H17ClN2O2. The minimum atomic E-state index is -0.154. The molecular weight excluding hydrogens is 252 g/mol. The monoisotopic (exact) mass is 268 g/mol. The van der Waals surface area contributed by atoms with E-state index in [-0.39, 0.29) is 5.91 Å². The molecule has 1 heterocycles. The molecule has 0 spiro atoms. The number of amides is 1. The van der Waals surface area contributed by atoms with Crippen LogP contribution in [0.3, 0.4) is 0 Å². The second kappa shape index (κ2) is 6.07. The van der Waals surface area contributed by atoms with Gasteiger partial charge in [-0.3, -0.25) is 4.79 Å². The van der Waals surface area contributed by atoms with Gasteiger partial charge >= 0.3 is 0 Å². The second-order valence-corrected chi connectivity index (χ2v) is 4.92. The van der Waals surface area contributed by atoms with Crippen molar-refractivity contribution in [2.75, 3.05) is 25.5 Å². The molecule has 1 aromatic rings. The number of nitrogen functional groups attached to an aromatic ring is 1. The number of hydrogen-bond acceptors (Lipinski definition) is 3. The molecule has 0 saturated carbocycles. The van der Waals surface area contributed by atoms with Crippen molar-refractivity contribution >= 4 is 23.2 Å². The molecule has 1 aliphatic heterocycles. The molecule has 0 aromatic heterocycles. The number of ether oxygens (including phenoxy) is 1. The molecule has 2 rings (SSSR count). The molecule has 1 fully saturated rings. The number of nitrogens with two attached hydrogens (primary N) is 1. The molecule has 5 heteroatoms. The summed E-state index contributed by atoms with van der Waals surface area (Å²) in [4.78, 5) is 11.9. The first-order valence-corrected chi connectivity index (χ1v) is 6.45. The fourth-order valence-electron chi connectivity index (χ4n) is 2.01. The highest BCUT2D eigenvalue weighted by Gasteiger charge is 2.16. The lowest BCUT2D eigenvalue weighted by atomic mass is 10.1. The quantitative estimate of drug-likeness (QED) is 0.822. The fourth-order valence-corrected chi connectivity index (χ4v) is 2.29. The second-order valence-electron chi connectivity index (χ2n) is 4.51. The first kappa shape index (κ1) is 13.2. The van der Waals surface area contributed by atoms with Gasteiger partial charge in [-0.2, -0.15) is 0 Å². The SMILES string of the molecule is Nc1ccc(C(=O)NCCC2CCOC2)c(Cl)c1. The number of anilines is 1. The molecule has 1 atom stereocenters. The molecule has 1 aromatic carbocycles. The van der Waals surface area contributed by atoms with Gasteiger partial charge in [0, 0.05) is 25.4 Å². The summed E-state index contributed by atoms with van der Waals surface area (Å²) in [6.45, 7) is 2.29. The summed E-state index contributed by atoms with van der Waals surface area (Å²) in [6.07, 6.45) is 2.02. The molecule has 0 bridgehead atoms. The predicted octanol–water partition coefficient (Wildman–Crippen LogP) is 2.08. The van der Waals surface area contributed by atoms with Crippen LogP contribution in [0.2, 0.25) is 5.02 Å². The average molecular weight is 269 g/mol. The van der Waals surface area contributed by atoms with Gasteiger partial charge in [-0.05, 0) is 37.0 Å². The molecule has 1 unspecified atom stereocenters. The average Bonchev–Trinajstić information content (AvgIpc) is 2.81. The van der Waals surface area contributed by atoms with Crippen LogP contribution in [-0.2, 0) is 4.74 Å². The van der Waals surface area contributed by atoms with Crippen LogP contribution in [0.5, 0.6) is 0 Å². The number of hydrogen-bond donors (Lipinski definition) is 2. The Morgan fingerprint density at radius 3 is 3.06 bits per heavy atom. The van der Waals surface area contributed by atoms with E-state index in [4.69, 9.17) is 22.1 Å². The van der Waals surface area contributed by atoms with Gasteiger partial charge in [0.05, 0.1) is 10.6 Å². The first-order chi connectivity index (χ1) is 8.66. The van der Waals surface area contributed by atoms with Crippen LogP contribution >= 0.6 is 11.6 Å². The van der Waals surface area contributed by atoms with E-state index < -0.39 is 0 Å². The molecule has 3 N–H and O–H groups in total. The van der Waals surface area contributed by atoms with Crippen LogP contribution in [0.25, 0.3) is 0 Å². The summed E-state index contributed by atoms with van der Waals surface area (Å²) in [5, 5.41) is 3.25. The highest BCUT2D eigenvalue weighted by Crippen LogP contribution is 2.19. The molecule has 1 aliphatic rings. The Labute approximate surface area is 111 Å². The lowest BCUT2D eigenvalue weighted by Crippen LogP contribution is -2.26. The van der Waals surface area contributed by atoms with E-state index in [1.54, 1.807) is 18.2 Å². The van der Waals surface area contributed by atoms with Crippen molar-refractivity contribution in [2.45, 2.75) is 12.8 Å². The van der Waals surface area contributed by atoms with Crippen molar-refractivity contribution in [3.63, 3.8) is 0 Å². The van der Waals surface area contributed by atoms with Crippen LogP contribution in [0, 0.1) is 5.92 Å². The van der Waals surface area contributed by atoms with Crippen LogP contribution in [0.15, 0.2) is 18.2 Å². The van der Waals surface area contributed by atoms with Gasteiger partial charge in [-0.25, -0.2) is 0 Å². The van der Waals surface area contributed by atoms with Crippen LogP contribution in [0.4, 0.5) is 5.69 Å². The van der Waals surface area contributed by atoms with Crippen molar-refractivity contribution in [1.29, 1.82) is 0 Å². The fraction of sp³-hybridized carbons (Fsp3) is 0.462. The van der Waals surface area contributed by atoms with Crippen LogP contribution in [0.1, 0.15) is 23.2 Å². The summed E-state index contributed by atoms with van der Waals surface area (Å²) in [6, 6.07) is 4.90. The molecule has 4 nitrogen and oxygen atoms in total. The highest BCUT2D eigenvalue weighted by atomic mass is 35.5. The zero-order valence-corrected chi connectivity index (χ0v) is 10.9. The third-order valence-corrected chi connectivity index (χ3v) is 3.41. The highest BCUT2D eigenvalue weighted by molar-refractivity contribution is 6.34. The van der Waals surface area contributed by atoms with Crippen LogP contribution in [-0.4, -0.2) is 25.7 Å². The lowest BCUT2D eigenvalue weighted by molar-refractivity contribution is 0.0950. The van der Waals surface area contributed by atoms with Gasteiger partial charge in [0.15, 0.2) is 0 Å². The normalized spacial score (nSPS) is 18.8. The lowest BCUT2D eigenvalue weighted by Gasteiger charge is -2.10. The van der Waals surface area contributed by atoms with E-state index in [0.717, 1.165) is 26.1 Å². The third-order valence-electron chi connectivity index (χ3n) is 3.10. The summed E-state index contributed by atoms with van der Waals surface area (Å²) in [5.41, 5.74) is 6.60. The standard InChI is InChI=1S/C13H17ClN2O2/c14-12-7-10(15)1-2-11(12)13(17)16-5-3-9-4-6-18-8-9/h1-2,7,9H,3-6,8,15H2,(H,16,17). The van der Waals surface area contributed by atoms with E-state index in [1.165, 1.54) is 0 Å². The molecule has 0 aliphatic carbocycles. The van der Waals surface area contributed by atoms with Gasteiger partial charge in [-0.15, -0.1) is 0 Å². The zero-order valence-electron chi connectivity index (χ0n) is 10.1. The maximum Gasteiger partial charge on any atom is 0.252 e. The smallest absolute Gasteiger partial charge is 0.252 e. The van der Waals surface area contributed by atoms with Gasteiger partial charge in [0.25, 0.3) is 5.91 Å². The van der Waals surface area contributed by atoms with Crippen LogP contribution < -0.4 is 11.1 Å². The number of carbonyl (C=O) groups excluding carboxylic acids is 1. The van der Waals surface area contributed by atoms with Gasteiger partial charge in [0.1, 0.15) is 0 Å². The Bertz CT molecular complexity index is 431. The Morgan fingerprint density at radius 1 is 1.56 bits per heavy atom. The maximum atomic E-state index is 11.9. The minimum absolute atomic E-state index is 0.154. The van der Waals surface area contributed by atoms with E-state index in [9.17, 15) is 4.79 Å². The van der Waals surface area contributed by atoms with Crippen molar-refractivity contribution in [3.8, 4) is 0 Å². The van der Waals surface area contributed by atoms with Gasteiger partial charge in [0.2, 0.25) is 0 Å². The molecule has 1 saturated heterocycles. The zero-order chi connectivity index (χ0) is 13.0. The maximum absolute atomic E-state index is 11.9. The Hall–Kier alpha value is -1.26. The first-order valence-electron chi connectivity index (χ1n) is 6.08. The van der Waals surface area contributed by atoms with Gasteiger partial charge < -0.3 is 15.8 Å². The van der Waals surface area contributed by atoms with E-state index >= 15 is 0 Å². The number of rotatable bonds is 4. The Morgan fingerprint density at radius 2 is 2.39 bits per heavy atom. The molecule has 18 heavy (non-hydrogen) atoms. The molecule has 98 valence electrons. The molecule has 0 radical (unpaired) electrons. The van der Waals surface area contributed by atoms with E-state index in [1.807, 2.05) is 0 Å². The number of nitrogens with one attached hydrogen (secondary N) is 1. The summed E-state index contributed by atoms with van der Waals surface area (Å²) < 4.78 is 5.28. The number of benzene rings is 1. The minimum Gasteiger partial charge on any atom is -0.399 e. The van der Waals surface area contributed by atoms with Crippen molar-refractivity contribution < 1.29 is 9.53 Å². The molecule has 1 amide bonds. The number of halogens is 1. The third kappa shape index (κ3) is 3.37. The topological polar surface area (TPSA) is 64.4 Å². The summed E-state index contributed by atoms with van der Waals surface area (Å²) in [7, 11) is 0. The summed E-state index contributed by atoms with van der Waals surface area (Å²) >= 11 is 5.97.